The standard InChI is InChI=1S/C28H24Cl2FN7O4/c1-13(2)37-22-21(35-23(37)17-12-33-27(42-8-7-31)36-24(17)41-4)25(39)38(20-10-16(30)11-32-14(20)3)28(22)18-6-5-15(29)9-19(18)34-26(28)40/h5-6,9-13H,7-8H2,1-4H3,(H,34,40). The number of nitrogens with zero attached hydrogens (tertiary/aromatic N) is 6. The van der Waals surface area contributed by atoms with Gasteiger partial charge in [-0.05, 0) is 39.0 Å². The van der Waals surface area contributed by atoms with Gasteiger partial charge in [-0.1, -0.05) is 29.3 Å². The Morgan fingerprint density at radius 1 is 1.10 bits per heavy atom. The lowest BCUT2D eigenvalue weighted by atomic mass is 9.87. The predicted molar refractivity (Wildman–Crippen MR) is 153 cm³/mol. The van der Waals surface area contributed by atoms with E-state index in [1.54, 1.807) is 35.8 Å². The van der Waals surface area contributed by atoms with Gasteiger partial charge in [0.1, 0.15) is 19.1 Å². The number of nitrogens with one attached hydrogen (secondary N) is 1. The Labute approximate surface area is 249 Å². The molecule has 0 aliphatic carbocycles. The van der Waals surface area contributed by atoms with Crippen LogP contribution >= 0.6 is 23.2 Å². The molecule has 42 heavy (non-hydrogen) atoms. The van der Waals surface area contributed by atoms with Gasteiger partial charge in [0.2, 0.25) is 5.88 Å². The molecule has 0 radical (unpaired) electrons. The Morgan fingerprint density at radius 2 is 1.88 bits per heavy atom. The predicted octanol–water partition coefficient (Wildman–Crippen LogP) is 5.14. The third kappa shape index (κ3) is 3.92. The molecule has 1 atom stereocenters. The fourth-order valence-corrected chi connectivity index (χ4v) is 5.91. The second kappa shape index (κ2) is 10.2. The SMILES string of the molecule is COc1nc(OCCF)ncc1-c1nc2c(n1C(C)C)C1(C(=O)Nc3cc(Cl)ccc31)N(c1cc(Cl)cnc1C)C2=O. The number of hydrogen-bond donors (Lipinski definition) is 1. The van der Waals surface area contributed by atoms with E-state index in [1.807, 2.05) is 13.8 Å². The monoisotopic (exact) mass is 611 g/mol. The van der Waals surface area contributed by atoms with Crippen LogP contribution < -0.4 is 19.7 Å². The van der Waals surface area contributed by atoms with Gasteiger partial charge >= 0.3 is 6.01 Å². The number of methoxy groups -OCH3 is 1. The minimum atomic E-state index is -1.68. The molecule has 3 aromatic heterocycles. The van der Waals surface area contributed by atoms with Crippen molar-refractivity contribution in [3.63, 3.8) is 0 Å². The summed E-state index contributed by atoms with van der Waals surface area (Å²) >= 11 is 12.6. The maximum absolute atomic E-state index is 14.4. The van der Waals surface area contributed by atoms with Crippen LogP contribution in [0.25, 0.3) is 11.4 Å². The molecule has 1 aromatic carbocycles. The van der Waals surface area contributed by atoms with Crippen molar-refractivity contribution in [3.05, 3.63) is 69.3 Å². The minimum absolute atomic E-state index is 0.0517. The first-order valence-corrected chi connectivity index (χ1v) is 13.7. The molecular formula is C28H24Cl2FN7O4. The number of pyridine rings is 1. The zero-order chi connectivity index (χ0) is 29.9. The number of alkyl halides is 1. The molecule has 0 bridgehead atoms. The molecule has 0 saturated carbocycles. The molecule has 0 saturated heterocycles. The summed E-state index contributed by atoms with van der Waals surface area (Å²) < 4.78 is 25.2. The average Bonchev–Trinajstić information content (AvgIpc) is 3.57. The summed E-state index contributed by atoms with van der Waals surface area (Å²) in [5.74, 6) is -0.607. The smallest absolute Gasteiger partial charge is 0.319 e. The van der Waals surface area contributed by atoms with E-state index in [9.17, 15) is 14.0 Å². The fourth-order valence-electron chi connectivity index (χ4n) is 5.58. The molecule has 5 heterocycles. The summed E-state index contributed by atoms with van der Waals surface area (Å²) in [4.78, 5) is 47.7. The van der Waals surface area contributed by atoms with Gasteiger partial charge in [0.25, 0.3) is 11.8 Å². The number of halogens is 3. The van der Waals surface area contributed by atoms with Crippen LogP contribution in [0.1, 0.15) is 47.3 Å². The molecule has 2 aliphatic rings. The number of carbonyl (C=O) groups excluding carboxylic acids is 2. The third-order valence-electron chi connectivity index (χ3n) is 7.20. The van der Waals surface area contributed by atoms with Crippen molar-refractivity contribution in [2.45, 2.75) is 32.4 Å². The number of aromatic nitrogens is 5. The highest BCUT2D eigenvalue weighted by Crippen LogP contribution is 2.55. The molecule has 216 valence electrons. The molecule has 1 N–H and O–H groups in total. The van der Waals surface area contributed by atoms with E-state index in [0.29, 0.717) is 49.8 Å². The number of ether oxygens (including phenoxy) is 2. The number of imidazole rings is 1. The number of fused-ring (bicyclic) bond motifs is 4. The third-order valence-corrected chi connectivity index (χ3v) is 7.64. The number of hydrogen-bond acceptors (Lipinski definition) is 8. The Balaban J connectivity index is 1.67. The number of amides is 2. The summed E-state index contributed by atoms with van der Waals surface area (Å²) in [6.07, 6.45) is 2.90. The molecule has 1 unspecified atom stereocenters. The van der Waals surface area contributed by atoms with Gasteiger partial charge in [0, 0.05) is 34.7 Å². The molecular weight excluding hydrogens is 588 g/mol. The van der Waals surface area contributed by atoms with Crippen molar-refractivity contribution < 1.29 is 23.5 Å². The lowest BCUT2D eigenvalue weighted by molar-refractivity contribution is -0.119. The number of benzene rings is 1. The van der Waals surface area contributed by atoms with Gasteiger partial charge in [0.15, 0.2) is 11.2 Å². The van der Waals surface area contributed by atoms with Crippen LogP contribution in [0.3, 0.4) is 0 Å². The number of anilines is 2. The summed E-state index contributed by atoms with van der Waals surface area (Å²) in [6.45, 7) is 4.60. The summed E-state index contributed by atoms with van der Waals surface area (Å²) in [7, 11) is 1.41. The zero-order valence-corrected chi connectivity index (χ0v) is 24.4. The maximum atomic E-state index is 14.4. The topological polar surface area (TPSA) is 124 Å². The Bertz CT molecular complexity index is 1780. The van der Waals surface area contributed by atoms with Crippen LogP contribution in [0, 0.1) is 6.92 Å². The van der Waals surface area contributed by atoms with E-state index in [4.69, 9.17) is 37.7 Å². The molecule has 0 fully saturated rings. The van der Waals surface area contributed by atoms with Crippen molar-refractivity contribution >= 4 is 46.4 Å². The summed E-state index contributed by atoms with van der Waals surface area (Å²) in [5.41, 5.74) is 0.869. The van der Waals surface area contributed by atoms with Gasteiger partial charge in [0.05, 0.1) is 34.8 Å². The maximum Gasteiger partial charge on any atom is 0.319 e. The largest absolute Gasteiger partial charge is 0.480 e. The molecule has 2 aliphatic heterocycles. The van der Waals surface area contributed by atoms with Crippen molar-refractivity contribution in [1.29, 1.82) is 0 Å². The number of rotatable bonds is 7. The number of aryl methyl sites for hydroxylation is 1. The summed E-state index contributed by atoms with van der Waals surface area (Å²) in [6, 6.07) is 6.23. The van der Waals surface area contributed by atoms with Crippen LogP contribution in [0.5, 0.6) is 11.9 Å². The van der Waals surface area contributed by atoms with Crippen LogP contribution in [-0.4, -0.2) is 56.7 Å². The van der Waals surface area contributed by atoms with E-state index < -0.39 is 24.0 Å². The Morgan fingerprint density at radius 3 is 2.60 bits per heavy atom. The normalized spacial score (nSPS) is 17.2. The van der Waals surface area contributed by atoms with E-state index in [1.165, 1.54) is 24.4 Å². The number of carbonyl (C=O) groups is 2. The first-order valence-electron chi connectivity index (χ1n) is 12.9. The van der Waals surface area contributed by atoms with Crippen LogP contribution in [-0.2, 0) is 10.3 Å². The van der Waals surface area contributed by atoms with Crippen LogP contribution in [0.4, 0.5) is 15.8 Å². The Kier molecular flexibility index (Phi) is 6.77. The molecule has 11 nitrogen and oxygen atoms in total. The molecule has 4 aromatic rings. The lowest BCUT2D eigenvalue weighted by Gasteiger charge is -2.36. The van der Waals surface area contributed by atoms with Gasteiger partial charge in [-0.25, -0.2) is 14.4 Å². The molecule has 6 rings (SSSR count). The Hall–Kier alpha value is -4.29. The van der Waals surface area contributed by atoms with Gasteiger partial charge in [-0.2, -0.15) is 4.98 Å². The lowest BCUT2D eigenvalue weighted by Crippen LogP contribution is -2.51. The highest BCUT2D eigenvalue weighted by molar-refractivity contribution is 6.32. The molecule has 1 spiro atoms. The van der Waals surface area contributed by atoms with Crippen molar-refractivity contribution in [1.82, 2.24) is 24.5 Å². The first kappa shape index (κ1) is 27.9. The van der Waals surface area contributed by atoms with Crippen molar-refractivity contribution in [2.75, 3.05) is 30.6 Å². The van der Waals surface area contributed by atoms with Gasteiger partial charge < -0.3 is 19.4 Å². The van der Waals surface area contributed by atoms with Crippen LogP contribution in [0.15, 0.2) is 36.7 Å². The van der Waals surface area contributed by atoms with Crippen molar-refractivity contribution in [2.24, 2.45) is 0 Å². The quantitative estimate of drug-likeness (QED) is 0.304. The zero-order valence-electron chi connectivity index (χ0n) is 22.9. The van der Waals surface area contributed by atoms with E-state index in [0.717, 1.165) is 0 Å². The molecule has 14 heteroatoms. The van der Waals surface area contributed by atoms with Gasteiger partial charge in [-0.15, -0.1) is 0 Å². The van der Waals surface area contributed by atoms with E-state index in [-0.39, 0.29) is 30.2 Å². The van der Waals surface area contributed by atoms with Gasteiger partial charge in [-0.3, -0.25) is 19.5 Å². The first-order chi connectivity index (χ1) is 20.1. The minimum Gasteiger partial charge on any atom is -0.480 e. The second-order valence-electron chi connectivity index (χ2n) is 9.96. The highest BCUT2D eigenvalue weighted by atomic mass is 35.5. The fraction of sp³-hybridized carbons (Fsp3) is 0.286. The highest BCUT2D eigenvalue weighted by Gasteiger charge is 2.64. The average molecular weight is 612 g/mol. The second-order valence-corrected chi connectivity index (χ2v) is 10.8. The van der Waals surface area contributed by atoms with E-state index >= 15 is 0 Å². The molecule has 2 amide bonds. The summed E-state index contributed by atoms with van der Waals surface area (Å²) in [5, 5.41) is 3.63. The van der Waals surface area contributed by atoms with E-state index in [2.05, 4.69) is 20.3 Å². The van der Waals surface area contributed by atoms with Crippen LogP contribution in [0.2, 0.25) is 10.0 Å². The van der Waals surface area contributed by atoms with Crippen molar-refractivity contribution in [3.8, 4) is 23.3 Å².